The van der Waals surface area contributed by atoms with Gasteiger partial charge in [-0.3, -0.25) is 4.79 Å². The van der Waals surface area contributed by atoms with Crippen LogP contribution in [0.3, 0.4) is 0 Å². The molecule has 1 saturated heterocycles. The Morgan fingerprint density at radius 1 is 1.37 bits per heavy atom. The lowest BCUT2D eigenvalue weighted by Crippen LogP contribution is -2.45. The zero-order valence-electron chi connectivity index (χ0n) is 10.4. The first-order chi connectivity index (χ1) is 9.13. The van der Waals surface area contributed by atoms with Gasteiger partial charge in [0.25, 0.3) is 5.76 Å². The number of carbonyl (C=O) groups is 1. The average Bonchev–Trinajstić information content (AvgIpc) is 2.39. The minimum atomic E-state index is -2.38. The second kappa shape index (κ2) is 6.86. The Morgan fingerprint density at radius 2 is 2.11 bits per heavy atom. The highest BCUT2D eigenvalue weighted by Gasteiger charge is 2.16. The third kappa shape index (κ3) is 4.80. The van der Waals surface area contributed by atoms with Crippen LogP contribution in [0.1, 0.15) is 18.4 Å². The lowest BCUT2D eigenvalue weighted by atomic mass is 10.1. The highest BCUT2D eigenvalue weighted by Crippen LogP contribution is 2.25. The van der Waals surface area contributed by atoms with E-state index < -0.39 is 5.76 Å². The topological polar surface area (TPSA) is 41.1 Å². The summed E-state index contributed by atoms with van der Waals surface area (Å²) in [6.45, 7) is 1.33. The number of rotatable bonds is 5. The van der Waals surface area contributed by atoms with Crippen molar-refractivity contribution in [2.75, 3.05) is 6.54 Å². The van der Waals surface area contributed by atoms with Gasteiger partial charge >= 0.3 is 0 Å². The Hall–Kier alpha value is -1.14. The molecule has 19 heavy (non-hydrogen) atoms. The van der Waals surface area contributed by atoms with Crippen molar-refractivity contribution >= 4 is 17.7 Å². The van der Waals surface area contributed by atoms with Crippen molar-refractivity contribution in [1.29, 1.82) is 0 Å². The number of halogens is 2. The van der Waals surface area contributed by atoms with E-state index in [0.717, 1.165) is 12.0 Å². The molecule has 1 aromatic carbocycles. The molecule has 0 spiro atoms. The normalized spacial score (nSPS) is 19.5. The summed E-state index contributed by atoms with van der Waals surface area (Å²) in [5.41, 5.74) is 1.05. The van der Waals surface area contributed by atoms with Crippen molar-refractivity contribution in [3.05, 3.63) is 29.8 Å². The molecule has 2 N–H and O–H groups in total. The van der Waals surface area contributed by atoms with E-state index in [2.05, 4.69) is 10.6 Å². The molecule has 1 heterocycles. The first-order valence-electron chi connectivity index (χ1n) is 6.17. The van der Waals surface area contributed by atoms with E-state index >= 15 is 0 Å². The minimum absolute atomic E-state index is 0.103. The van der Waals surface area contributed by atoms with Crippen molar-refractivity contribution in [2.45, 2.75) is 36.1 Å². The molecule has 1 aliphatic heterocycles. The Labute approximate surface area is 115 Å². The molecule has 3 nitrogen and oxygen atoms in total. The maximum absolute atomic E-state index is 12.2. The van der Waals surface area contributed by atoms with Gasteiger partial charge in [-0.05, 0) is 24.1 Å². The molecule has 1 unspecified atom stereocenters. The van der Waals surface area contributed by atoms with Gasteiger partial charge in [0.15, 0.2) is 0 Å². The molecule has 0 saturated carbocycles. The number of nitrogens with one attached hydrogen (secondary N) is 2. The Balaban J connectivity index is 1.78. The van der Waals surface area contributed by atoms with Gasteiger partial charge in [-0.1, -0.05) is 23.9 Å². The highest BCUT2D eigenvalue weighted by atomic mass is 32.2. The summed E-state index contributed by atoms with van der Waals surface area (Å²) in [4.78, 5) is 11.6. The fourth-order valence-electron chi connectivity index (χ4n) is 1.96. The number of carbonyl (C=O) groups excluding carboxylic acids is 1. The molecule has 104 valence electrons. The first kappa shape index (κ1) is 14.3. The lowest BCUT2D eigenvalue weighted by molar-refractivity contribution is -0.122. The number of benzene rings is 1. The third-order valence-electron chi connectivity index (χ3n) is 3.01. The van der Waals surface area contributed by atoms with Gasteiger partial charge in [-0.15, -0.1) is 0 Å². The second-order valence-electron chi connectivity index (χ2n) is 4.44. The molecule has 1 aliphatic rings. The van der Waals surface area contributed by atoms with Crippen molar-refractivity contribution in [2.24, 2.45) is 0 Å². The molecule has 0 radical (unpaired) electrons. The van der Waals surface area contributed by atoms with Gasteiger partial charge in [0.05, 0.1) is 0 Å². The standard InChI is InChI=1S/C13H16F2N2OS/c14-13(15)19-11-4-1-9(2-5-11)7-16-10-3-6-12(18)17-8-10/h1-2,4-5,10,13,16H,3,6-8H2,(H,17,18). The summed E-state index contributed by atoms with van der Waals surface area (Å²) in [6, 6.07) is 7.39. The fourth-order valence-corrected chi connectivity index (χ4v) is 2.46. The Bertz CT molecular complexity index is 415. The molecular weight excluding hydrogens is 270 g/mol. The van der Waals surface area contributed by atoms with Crippen LogP contribution in [-0.4, -0.2) is 24.3 Å². The summed E-state index contributed by atoms with van der Waals surface area (Å²) in [7, 11) is 0. The maximum Gasteiger partial charge on any atom is 0.288 e. The number of alkyl halides is 2. The SMILES string of the molecule is O=C1CCC(NCc2ccc(SC(F)F)cc2)CN1. The van der Waals surface area contributed by atoms with Gasteiger partial charge in [-0.25, -0.2) is 0 Å². The number of hydrogen-bond donors (Lipinski definition) is 2. The second-order valence-corrected chi connectivity index (χ2v) is 5.51. The van der Waals surface area contributed by atoms with Crippen LogP contribution in [0.2, 0.25) is 0 Å². The van der Waals surface area contributed by atoms with Crippen LogP contribution in [-0.2, 0) is 11.3 Å². The van der Waals surface area contributed by atoms with E-state index in [4.69, 9.17) is 0 Å². The van der Waals surface area contributed by atoms with Crippen LogP contribution in [0.4, 0.5) is 8.78 Å². The third-order valence-corrected chi connectivity index (χ3v) is 3.73. The van der Waals surface area contributed by atoms with E-state index in [1.54, 1.807) is 12.1 Å². The van der Waals surface area contributed by atoms with Gasteiger partial charge in [-0.2, -0.15) is 8.78 Å². The van der Waals surface area contributed by atoms with Crippen LogP contribution in [0, 0.1) is 0 Å². The van der Waals surface area contributed by atoms with Gasteiger partial charge < -0.3 is 10.6 Å². The minimum Gasteiger partial charge on any atom is -0.355 e. The predicted octanol–water partition coefficient (Wildman–Crippen LogP) is 2.37. The van der Waals surface area contributed by atoms with Crippen molar-refractivity contribution in [3.8, 4) is 0 Å². The van der Waals surface area contributed by atoms with Crippen LogP contribution in [0.15, 0.2) is 29.2 Å². The van der Waals surface area contributed by atoms with Crippen LogP contribution >= 0.6 is 11.8 Å². The van der Waals surface area contributed by atoms with E-state index in [1.807, 2.05) is 12.1 Å². The summed E-state index contributed by atoms with van der Waals surface area (Å²) in [6.07, 6.45) is 1.40. The van der Waals surface area contributed by atoms with Crippen LogP contribution < -0.4 is 10.6 Å². The van der Waals surface area contributed by atoms with Gasteiger partial charge in [0, 0.05) is 30.4 Å². The lowest BCUT2D eigenvalue weighted by Gasteiger charge is -2.23. The fraction of sp³-hybridized carbons (Fsp3) is 0.462. The monoisotopic (exact) mass is 286 g/mol. The molecule has 0 aliphatic carbocycles. The first-order valence-corrected chi connectivity index (χ1v) is 7.05. The van der Waals surface area contributed by atoms with Crippen LogP contribution in [0.5, 0.6) is 0 Å². The summed E-state index contributed by atoms with van der Waals surface area (Å²) in [5.74, 6) is -2.28. The van der Waals surface area contributed by atoms with Crippen LogP contribution in [0.25, 0.3) is 0 Å². The molecule has 0 bridgehead atoms. The number of thioether (sulfide) groups is 1. The predicted molar refractivity (Wildman–Crippen MR) is 71.2 cm³/mol. The zero-order valence-corrected chi connectivity index (χ0v) is 11.2. The molecular formula is C13H16F2N2OS. The number of piperidine rings is 1. The molecule has 1 fully saturated rings. The summed E-state index contributed by atoms with van der Waals surface area (Å²) >= 11 is 0.552. The van der Waals surface area contributed by atoms with E-state index in [1.165, 1.54) is 0 Å². The largest absolute Gasteiger partial charge is 0.355 e. The Kier molecular flexibility index (Phi) is 5.15. The molecule has 1 aromatic rings. The number of amides is 1. The summed E-state index contributed by atoms with van der Waals surface area (Å²) < 4.78 is 24.3. The zero-order chi connectivity index (χ0) is 13.7. The number of hydrogen-bond acceptors (Lipinski definition) is 3. The van der Waals surface area contributed by atoms with Crippen molar-refractivity contribution < 1.29 is 13.6 Å². The molecule has 0 aromatic heterocycles. The summed E-state index contributed by atoms with van der Waals surface area (Å²) in [5, 5.41) is 6.16. The van der Waals surface area contributed by atoms with Gasteiger partial charge in [0.2, 0.25) is 5.91 Å². The Morgan fingerprint density at radius 3 is 2.68 bits per heavy atom. The smallest absolute Gasteiger partial charge is 0.288 e. The molecule has 1 amide bonds. The average molecular weight is 286 g/mol. The highest BCUT2D eigenvalue weighted by molar-refractivity contribution is 7.99. The molecule has 1 atom stereocenters. The van der Waals surface area contributed by atoms with E-state index in [-0.39, 0.29) is 11.9 Å². The molecule has 6 heteroatoms. The maximum atomic E-state index is 12.2. The van der Waals surface area contributed by atoms with E-state index in [9.17, 15) is 13.6 Å². The quantitative estimate of drug-likeness (QED) is 0.817. The molecule has 2 rings (SSSR count). The van der Waals surface area contributed by atoms with E-state index in [0.29, 0.717) is 36.2 Å². The van der Waals surface area contributed by atoms with Gasteiger partial charge in [0.1, 0.15) is 0 Å². The van der Waals surface area contributed by atoms with Crippen molar-refractivity contribution in [3.63, 3.8) is 0 Å². The van der Waals surface area contributed by atoms with Crippen molar-refractivity contribution in [1.82, 2.24) is 10.6 Å².